The van der Waals surface area contributed by atoms with Crippen LogP contribution in [0.15, 0.2) is 67.3 Å². The van der Waals surface area contributed by atoms with Gasteiger partial charge in [-0.05, 0) is 23.4 Å². The summed E-state index contributed by atoms with van der Waals surface area (Å²) in [5.41, 5.74) is 1.84. The third-order valence-electron chi connectivity index (χ3n) is 5.69. The van der Waals surface area contributed by atoms with Crippen molar-refractivity contribution in [1.82, 2.24) is 0 Å². The van der Waals surface area contributed by atoms with Crippen LogP contribution in [-0.2, 0) is 30.3 Å². The molecule has 2 saturated heterocycles. The van der Waals surface area contributed by atoms with Crippen molar-refractivity contribution in [3.63, 3.8) is 0 Å². The van der Waals surface area contributed by atoms with Crippen molar-refractivity contribution in [3.05, 3.63) is 78.4 Å². The lowest BCUT2D eigenvalue weighted by atomic mass is 9.98. The highest BCUT2D eigenvalue weighted by Crippen LogP contribution is 2.39. The molecule has 0 spiro atoms. The van der Waals surface area contributed by atoms with Crippen molar-refractivity contribution >= 4 is 11.8 Å². The monoisotopic (exact) mass is 472 g/mol. The molecule has 0 N–H and O–H groups in total. The van der Waals surface area contributed by atoms with Gasteiger partial charge in [-0.3, -0.25) is 0 Å². The van der Waals surface area contributed by atoms with Crippen LogP contribution in [0.1, 0.15) is 24.3 Å². The van der Waals surface area contributed by atoms with E-state index in [0.29, 0.717) is 19.8 Å². The average molecular weight is 473 g/mol. The van der Waals surface area contributed by atoms with Crippen molar-refractivity contribution in [2.45, 2.75) is 49.7 Å². The average Bonchev–Trinajstić information content (AvgIpc) is 2.87. The molecule has 0 aromatic heterocycles. The van der Waals surface area contributed by atoms with Crippen molar-refractivity contribution in [3.8, 4) is 5.75 Å². The molecule has 2 aromatic carbocycles. The minimum Gasteiger partial charge on any atom is -0.497 e. The maximum Gasteiger partial charge on any atom is 0.184 e. The van der Waals surface area contributed by atoms with Crippen LogP contribution in [0.3, 0.4) is 0 Å². The first kappa shape index (κ1) is 24.3. The molecular formula is C26H32O6S. The zero-order chi connectivity index (χ0) is 23.0. The first-order valence-electron chi connectivity index (χ1n) is 11.3. The fraction of sp³-hybridized carbons (Fsp3) is 0.462. The van der Waals surface area contributed by atoms with Crippen LogP contribution in [-0.4, -0.2) is 55.9 Å². The van der Waals surface area contributed by atoms with Crippen LogP contribution in [0.4, 0.5) is 0 Å². The molecule has 33 heavy (non-hydrogen) atoms. The molecule has 7 heteroatoms. The Morgan fingerprint density at radius 3 is 2.52 bits per heavy atom. The summed E-state index contributed by atoms with van der Waals surface area (Å²) >= 11 is 1.70. The molecule has 0 aliphatic carbocycles. The summed E-state index contributed by atoms with van der Waals surface area (Å²) in [7, 11) is 1.66. The van der Waals surface area contributed by atoms with Gasteiger partial charge in [-0.25, -0.2) is 0 Å². The standard InChI is InChI=1S/C26H32O6S/c1-4-15-28-24-23(29-16-18-11-13-20(27-3)14-12-18)22-21(31-26(24)33-5-2)17-30-25(32-22)19-9-7-6-8-10-19/h4,6-14,21-26H,1,5,15-17H2,2-3H3/t21-,22+,23+,24-,25+,26+/m1/s1. The lowest BCUT2D eigenvalue weighted by Gasteiger charge is -2.49. The second-order valence-corrected chi connectivity index (χ2v) is 9.26. The van der Waals surface area contributed by atoms with Gasteiger partial charge in [-0.1, -0.05) is 55.5 Å². The molecule has 4 rings (SSSR count). The van der Waals surface area contributed by atoms with Gasteiger partial charge in [0.1, 0.15) is 35.6 Å². The highest BCUT2D eigenvalue weighted by molar-refractivity contribution is 7.99. The van der Waals surface area contributed by atoms with E-state index in [0.717, 1.165) is 22.6 Å². The van der Waals surface area contributed by atoms with Crippen LogP contribution >= 0.6 is 11.8 Å². The van der Waals surface area contributed by atoms with E-state index in [4.69, 9.17) is 28.4 Å². The van der Waals surface area contributed by atoms with Crippen LogP contribution in [0.2, 0.25) is 0 Å². The van der Waals surface area contributed by atoms with E-state index in [1.54, 1.807) is 24.9 Å². The van der Waals surface area contributed by atoms with E-state index in [-0.39, 0.29) is 29.9 Å². The van der Waals surface area contributed by atoms with Gasteiger partial charge in [-0.2, -0.15) is 0 Å². The molecule has 6 atom stereocenters. The molecule has 2 aliphatic rings. The van der Waals surface area contributed by atoms with Gasteiger partial charge in [0.25, 0.3) is 0 Å². The van der Waals surface area contributed by atoms with E-state index in [1.807, 2.05) is 54.6 Å². The first-order chi connectivity index (χ1) is 16.2. The second kappa shape index (κ2) is 12.0. The molecule has 2 heterocycles. The maximum absolute atomic E-state index is 6.51. The van der Waals surface area contributed by atoms with E-state index < -0.39 is 6.29 Å². The summed E-state index contributed by atoms with van der Waals surface area (Å²) in [6.45, 7) is 7.18. The molecule has 0 unspecified atom stereocenters. The van der Waals surface area contributed by atoms with Crippen LogP contribution in [0.5, 0.6) is 5.75 Å². The summed E-state index contributed by atoms with van der Waals surface area (Å²) < 4.78 is 36.8. The maximum atomic E-state index is 6.51. The van der Waals surface area contributed by atoms with Gasteiger partial charge in [0, 0.05) is 5.56 Å². The van der Waals surface area contributed by atoms with Crippen LogP contribution in [0.25, 0.3) is 0 Å². The quantitative estimate of drug-likeness (QED) is 0.463. The Labute approximate surface area is 200 Å². The van der Waals surface area contributed by atoms with Gasteiger partial charge >= 0.3 is 0 Å². The largest absolute Gasteiger partial charge is 0.497 e. The number of thioether (sulfide) groups is 1. The van der Waals surface area contributed by atoms with Gasteiger partial charge in [0.2, 0.25) is 0 Å². The zero-order valence-corrected chi connectivity index (χ0v) is 19.9. The van der Waals surface area contributed by atoms with Gasteiger partial charge < -0.3 is 28.4 Å². The topological polar surface area (TPSA) is 55.4 Å². The van der Waals surface area contributed by atoms with E-state index in [9.17, 15) is 0 Å². The number of rotatable bonds is 10. The number of benzene rings is 2. The van der Waals surface area contributed by atoms with E-state index in [2.05, 4.69) is 13.5 Å². The Bertz CT molecular complexity index is 861. The highest BCUT2D eigenvalue weighted by atomic mass is 32.2. The normalized spacial score (nSPS) is 29.3. The van der Waals surface area contributed by atoms with Crippen molar-refractivity contribution in [2.24, 2.45) is 0 Å². The Balaban J connectivity index is 1.56. The summed E-state index contributed by atoms with van der Waals surface area (Å²) in [4.78, 5) is 0. The molecule has 0 radical (unpaired) electrons. The molecular weight excluding hydrogens is 440 g/mol. The second-order valence-electron chi connectivity index (χ2n) is 7.89. The molecule has 2 fully saturated rings. The third kappa shape index (κ3) is 5.98. The SMILES string of the molecule is C=CCO[C@@H]1[C@@H](OCc2ccc(OC)cc2)[C@H]2O[C@@H](c3ccccc3)OC[C@H]2O[C@H]1SCC. The fourth-order valence-corrected chi connectivity index (χ4v) is 5.06. The Morgan fingerprint density at radius 1 is 1.03 bits per heavy atom. The van der Waals surface area contributed by atoms with Crippen molar-refractivity contribution in [2.75, 3.05) is 26.1 Å². The fourth-order valence-electron chi connectivity index (χ4n) is 4.08. The minimum atomic E-state index is -0.474. The first-order valence-corrected chi connectivity index (χ1v) is 12.3. The molecule has 6 nitrogen and oxygen atoms in total. The lowest BCUT2D eigenvalue weighted by Crippen LogP contribution is -2.62. The predicted molar refractivity (Wildman–Crippen MR) is 128 cm³/mol. The van der Waals surface area contributed by atoms with Gasteiger partial charge in [-0.15, -0.1) is 18.3 Å². The van der Waals surface area contributed by atoms with Crippen LogP contribution in [0, 0.1) is 0 Å². The number of fused-ring (bicyclic) bond motifs is 1. The summed E-state index contributed by atoms with van der Waals surface area (Å²) in [5.74, 6) is 1.71. The summed E-state index contributed by atoms with van der Waals surface area (Å²) in [5, 5.41) is 0. The van der Waals surface area contributed by atoms with E-state index >= 15 is 0 Å². The third-order valence-corrected chi connectivity index (χ3v) is 6.74. The zero-order valence-electron chi connectivity index (χ0n) is 19.1. The molecule has 178 valence electrons. The highest BCUT2D eigenvalue weighted by Gasteiger charge is 2.51. The van der Waals surface area contributed by atoms with E-state index in [1.165, 1.54) is 0 Å². The number of ether oxygens (including phenoxy) is 6. The van der Waals surface area contributed by atoms with Gasteiger partial charge in [0.05, 0.1) is 26.9 Å². The number of methoxy groups -OCH3 is 1. The Kier molecular flexibility index (Phi) is 8.83. The summed E-state index contributed by atoms with van der Waals surface area (Å²) in [6.07, 6.45) is 0.0763. The lowest BCUT2D eigenvalue weighted by molar-refractivity contribution is -0.328. The number of hydrogen-bond donors (Lipinski definition) is 0. The number of hydrogen-bond acceptors (Lipinski definition) is 7. The molecule has 2 aliphatic heterocycles. The molecule has 0 amide bonds. The minimum absolute atomic E-state index is 0.183. The van der Waals surface area contributed by atoms with Crippen LogP contribution < -0.4 is 4.74 Å². The Morgan fingerprint density at radius 2 is 1.82 bits per heavy atom. The molecule has 2 aromatic rings. The smallest absolute Gasteiger partial charge is 0.184 e. The predicted octanol–water partition coefficient (Wildman–Crippen LogP) is 4.74. The Hall–Kier alpha value is -1.87. The summed E-state index contributed by atoms with van der Waals surface area (Å²) in [6, 6.07) is 17.8. The van der Waals surface area contributed by atoms with Crippen molar-refractivity contribution in [1.29, 1.82) is 0 Å². The molecule has 0 bridgehead atoms. The molecule has 0 saturated carbocycles. The van der Waals surface area contributed by atoms with Crippen molar-refractivity contribution < 1.29 is 28.4 Å². The van der Waals surface area contributed by atoms with Gasteiger partial charge in [0.15, 0.2) is 6.29 Å².